The molecule has 0 N–H and O–H groups in total. The Morgan fingerprint density at radius 2 is 0.943 bits per heavy atom. The lowest BCUT2D eigenvalue weighted by Gasteiger charge is -2.45. The maximum Gasteiger partial charge on any atom is 0.0762 e. The van der Waals surface area contributed by atoms with E-state index in [0.717, 1.165) is 41.8 Å². The van der Waals surface area contributed by atoms with Gasteiger partial charge in [0.15, 0.2) is 0 Å². The Kier molecular flexibility index (Phi) is 10.2. The molecule has 0 bridgehead atoms. The fourth-order valence-corrected chi connectivity index (χ4v) is 8.01. The largest absolute Gasteiger partial charge is 0.371 e. The van der Waals surface area contributed by atoms with Crippen LogP contribution in [0.3, 0.4) is 0 Å². The van der Waals surface area contributed by atoms with Crippen molar-refractivity contribution in [3.63, 3.8) is 0 Å². The van der Waals surface area contributed by atoms with Crippen LogP contribution in [0.1, 0.15) is 89.9 Å². The maximum absolute atomic E-state index is 6.94. The van der Waals surface area contributed by atoms with Crippen molar-refractivity contribution in [1.29, 1.82) is 0 Å². The second kappa shape index (κ2) is 12.9. The highest BCUT2D eigenvalue weighted by atomic mass is 16.5. The summed E-state index contributed by atoms with van der Waals surface area (Å²) in [5.41, 5.74) is 0. The minimum absolute atomic E-state index is 0.350. The SMILES string of the molecule is CN(C)C1CCC(/C=C/C2CC(C3CCC(N(C)C)CC3)CC(C3CCC(N(C)C)CC3)O2)CC1. The van der Waals surface area contributed by atoms with E-state index in [4.69, 9.17) is 4.74 Å². The zero-order valence-electron chi connectivity index (χ0n) is 24.0. The van der Waals surface area contributed by atoms with Gasteiger partial charge in [-0.2, -0.15) is 0 Å². The number of ether oxygens (including phenoxy) is 1. The molecule has 202 valence electrons. The summed E-state index contributed by atoms with van der Waals surface area (Å²) < 4.78 is 6.94. The highest BCUT2D eigenvalue weighted by Crippen LogP contribution is 2.43. The second-order valence-corrected chi connectivity index (χ2v) is 13.4. The molecule has 3 unspecified atom stereocenters. The van der Waals surface area contributed by atoms with Crippen LogP contribution in [0.2, 0.25) is 0 Å². The highest BCUT2D eigenvalue weighted by Gasteiger charge is 2.39. The summed E-state index contributed by atoms with van der Waals surface area (Å²) >= 11 is 0. The van der Waals surface area contributed by atoms with Crippen molar-refractivity contribution >= 4 is 0 Å². The topological polar surface area (TPSA) is 19.0 Å². The lowest BCUT2D eigenvalue weighted by molar-refractivity contribution is -0.0980. The molecule has 0 aromatic carbocycles. The average molecular weight is 488 g/mol. The Labute approximate surface area is 217 Å². The standard InChI is InChI=1S/C31H57N3O/c1-32(2)27-14-7-23(8-15-27)9-20-30-21-26(24-10-16-28(17-11-24)33(3)4)22-31(35-30)25-12-18-29(19-13-25)34(5)6/h9,20,23-31H,7-8,10-19,21-22H2,1-6H3/b20-9+. The van der Waals surface area contributed by atoms with Gasteiger partial charge in [0.05, 0.1) is 12.2 Å². The molecule has 4 fully saturated rings. The van der Waals surface area contributed by atoms with E-state index in [2.05, 4.69) is 69.1 Å². The number of nitrogens with zero attached hydrogens (tertiary/aromatic N) is 3. The Bertz CT molecular complexity index is 602. The molecule has 4 nitrogen and oxygen atoms in total. The molecule has 1 saturated heterocycles. The molecule has 4 aliphatic rings. The summed E-state index contributed by atoms with van der Waals surface area (Å²) in [5, 5.41) is 0. The molecular weight excluding hydrogens is 430 g/mol. The summed E-state index contributed by atoms with van der Waals surface area (Å²) in [7, 11) is 13.5. The minimum atomic E-state index is 0.350. The zero-order valence-corrected chi connectivity index (χ0v) is 24.0. The third-order valence-corrected chi connectivity index (χ3v) is 10.6. The summed E-state index contributed by atoms with van der Waals surface area (Å²) in [5.74, 6) is 3.32. The first-order valence-corrected chi connectivity index (χ1v) is 15.1. The third kappa shape index (κ3) is 7.55. The van der Waals surface area contributed by atoms with Gasteiger partial charge in [-0.15, -0.1) is 0 Å². The molecule has 0 aromatic heterocycles. The number of allylic oxidation sites excluding steroid dienone is 1. The molecule has 1 aliphatic heterocycles. The summed E-state index contributed by atoms with van der Waals surface area (Å²) in [6.45, 7) is 0. The van der Waals surface area contributed by atoms with Crippen LogP contribution in [0.4, 0.5) is 0 Å². The van der Waals surface area contributed by atoms with Crippen LogP contribution in [-0.2, 0) is 4.74 Å². The third-order valence-electron chi connectivity index (χ3n) is 10.6. The quantitative estimate of drug-likeness (QED) is 0.406. The van der Waals surface area contributed by atoms with Gasteiger partial charge in [-0.05, 0) is 156 Å². The van der Waals surface area contributed by atoms with Crippen molar-refractivity contribution in [1.82, 2.24) is 14.7 Å². The average Bonchev–Trinajstić information content (AvgIpc) is 2.87. The lowest BCUT2D eigenvalue weighted by Crippen LogP contribution is -2.43. The lowest BCUT2D eigenvalue weighted by atomic mass is 9.70. The molecule has 0 radical (unpaired) electrons. The van der Waals surface area contributed by atoms with Crippen LogP contribution in [0, 0.1) is 23.7 Å². The van der Waals surface area contributed by atoms with E-state index in [-0.39, 0.29) is 0 Å². The molecule has 0 aromatic rings. The number of hydrogen-bond acceptors (Lipinski definition) is 4. The van der Waals surface area contributed by atoms with Crippen molar-refractivity contribution in [3.8, 4) is 0 Å². The summed E-state index contributed by atoms with van der Waals surface area (Å²) in [6, 6.07) is 2.37. The maximum atomic E-state index is 6.94. The molecule has 3 aliphatic carbocycles. The fraction of sp³-hybridized carbons (Fsp3) is 0.935. The van der Waals surface area contributed by atoms with Crippen LogP contribution in [0.15, 0.2) is 12.2 Å². The monoisotopic (exact) mass is 487 g/mol. The van der Waals surface area contributed by atoms with Gasteiger partial charge in [-0.1, -0.05) is 12.2 Å². The van der Waals surface area contributed by atoms with Crippen LogP contribution in [0.25, 0.3) is 0 Å². The van der Waals surface area contributed by atoms with E-state index in [9.17, 15) is 0 Å². The molecule has 1 heterocycles. The highest BCUT2D eigenvalue weighted by molar-refractivity contribution is 5.00. The van der Waals surface area contributed by atoms with E-state index < -0.39 is 0 Å². The first-order chi connectivity index (χ1) is 16.8. The molecule has 0 amide bonds. The van der Waals surface area contributed by atoms with Crippen molar-refractivity contribution in [2.75, 3.05) is 42.3 Å². The first kappa shape index (κ1) is 27.6. The van der Waals surface area contributed by atoms with Crippen molar-refractivity contribution in [2.45, 2.75) is 120 Å². The predicted octanol–water partition coefficient (Wildman–Crippen LogP) is 6.07. The second-order valence-electron chi connectivity index (χ2n) is 13.4. The van der Waals surface area contributed by atoms with Crippen LogP contribution in [0.5, 0.6) is 0 Å². The van der Waals surface area contributed by atoms with Crippen molar-refractivity contribution in [3.05, 3.63) is 12.2 Å². The molecular formula is C31H57N3O. The van der Waals surface area contributed by atoms with Gasteiger partial charge in [0.25, 0.3) is 0 Å². The number of rotatable bonds is 7. The Morgan fingerprint density at radius 1 is 0.486 bits per heavy atom. The van der Waals surface area contributed by atoms with Crippen LogP contribution < -0.4 is 0 Å². The normalized spacial score (nSPS) is 41.8. The van der Waals surface area contributed by atoms with Crippen LogP contribution >= 0.6 is 0 Å². The molecule has 4 heteroatoms. The zero-order chi connectivity index (χ0) is 24.9. The van der Waals surface area contributed by atoms with E-state index >= 15 is 0 Å². The Hall–Kier alpha value is -0.420. The van der Waals surface area contributed by atoms with Gasteiger partial charge in [0.2, 0.25) is 0 Å². The van der Waals surface area contributed by atoms with Gasteiger partial charge in [0.1, 0.15) is 0 Å². The van der Waals surface area contributed by atoms with Gasteiger partial charge in [-0.25, -0.2) is 0 Å². The van der Waals surface area contributed by atoms with E-state index in [0.29, 0.717) is 12.2 Å². The fourth-order valence-electron chi connectivity index (χ4n) is 8.01. The summed E-state index contributed by atoms with van der Waals surface area (Å²) in [4.78, 5) is 7.33. The minimum Gasteiger partial charge on any atom is -0.371 e. The van der Waals surface area contributed by atoms with E-state index in [1.807, 2.05) is 0 Å². The van der Waals surface area contributed by atoms with Gasteiger partial charge < -0.3 is 19.4 Å². The molecule has 0 spiro atoms. The van der Waals surface area contributed by atoms with Gasteiger partial charge in [0, 0.05) is 18.1 Å². The molecule has 35 heavy (non-hydrogen) atoms. The molecule has 3 atom stereocenters. The Morgan fingerprint density at radius 3 is 1.43 bits per heavy atom. The van der Waals surface area contributed by atoms with Gasteiger partial charge in [-0.3, -0.25) is 0 Å². The van der Waals surface area contributed by atoms with Crippen LogP contribution in [-0.4, -0.2) is 87.3 Å². The van der Waals surface area contributed by atoms with Gasteiger partial charge >= 0.3 is 0 Å². The van der Waals surface area contributed by atoms with E-state index in [1.54, 1.807) is 0 Å². The number of hydrogen-bond donors (Lipinski definition) is 0. The van der Waals surface area contributed by atoms with Crippen molar-refractivity contribution < 1.29 is 4.74 Å². The van der Waals surface area contributed by atoms with E-state index in [1.165, 1.54) is 89.9 Å². The predicted molar refractivity (Wildman–Crippen MR) is 149 cm³/mol. The molecule has 3 saturated carbocycles. The van der Waals surface area contributed by atoms with Crippen molar-refractivity contribution in [2.24, 2.45) is 23.7 Å². The first-order valence-electron chi connectivity index (χ1n) is 15.1. The smallest absolute Gasteiger partial charge is 0.0762 e. The molecule has 4 rings (SSSR count). The summed E-state index contributed by atoms with van der Waals surface area (Å²) in [6.07, 6.45) is 25.0. The Balaban J connectivity index is 1.37.